The number of carbonyl (C=O) groups is 1. The van der Waals surface area contributed by atoms with Gasteiger partial charge in [0.05, 0.1) is 13.2 Å². The molecule has 5 rings (SSSR count). The average Bonchev–Trinajstić information content (AvgIpc) is 3.31. The second-order valence-electron chi connectivity index (χ2n) is 8.62. The molecule has 35 heavy (non-hydrogen) atoms. The van der Waals surface area contributed by atoms with Crippen molar-refractivity contribution in [2.24, 2.45) is 0 Å². The van der Waals surface area contributed by atoms with E-state index >= 15 is 0 Å². The monoisotopic (exact) mass is 484 g/mol. The number of hydrogen-bond donors (Lipinski definition) is 0. The summed E-state index contributed by atoms with van der Waals surface area (Å²) in [6, 6.07) is 26.7. The van der Waals surface area contributed by atoms with Crippen LogP contribution in [0.5, 0.6) is 0 Å². The van der Waals surface area contributed by atoms with Crippen molar-refractivity contribution in [1.82, 2.24) is 19.7 Å². The van der Waals surface area contributed by atoms with Gasteiger partial charge in [-0.25, -0.2) is 0 Å². The minimum Gasteiger partial charge on any atom is -0.378 e. The zero-order valence-corrected chi connectivity index (χ0v) is 20.6. The van der Waals surface area contributed by atoms with Crippen LogP contribution in [0.25, 0.3) is 5.69 Å². The molecule has 7 heteroatoms. The molecule has 0 N–H and O–H groups in total. The van der Waals surface area contributed by atoms with Crippen LogP contribution in [0.2, 0.25) is 0 Å². The fraction of sp³-hybridized carbons (Fsp3) is 0.250. The van der Waals surface area contributed by atoms with Gasteiger partial charge in [0.25, 0.3) is 5.91 Å². The van der Waals surface area contributed by atoms with Crippen LogP contribution in [0.3, 0.4) is 0 Å². The average molecular weight is 485 g/mol. The molecule has 2 heterocycles. The Morgan fingerprint density at radius 1 is 0.886 bits per heavy atom. The van der Waals surface area contributed by atoms with Crippen molar-refractivity contribution in [3.8, 4) is 5.69 Å². The Morgan fingerprint density at radius 2 is 1.60 bits per heavy atom. The maximum Gasteiger partial charge on any atom is 0.254 e. The maximum absolute atomic E-state index is 12.7. The van der Waals surface area contributed by atoms with Crippen molar-refractivity contribution in [3.05, 3.63) is 107 Å². The Kier molecular flexibility index (Phi) is 7.25. The van der Waals surface area contributed by atoms with Gasteiger partial charge in [-0.3, -0.25) is 9.36 Å². The van der Waals surface area contributed by atoms with Gasteiger partial charge in [0, 0.05) is 36.5 Å². The molecular formula is C28H28N4O2S. The summed E-state index contributed by atoms with van der Waals surface area (Å²) in [6.45, 7) is 4.60. The molecule has 6 nitrogen and oxygen atoms in total. The first-order valence-electron chi connectivity index (χ1n) is 11.8. The molecule has 1 aromatic heterocycles. The van der Waals surface area contributed by atoms with E-state index in [1.165, 1.54) is 11.1 Å². The first-order valence-corrected chi connectivity index (χ1v) is 12.8. The number of thioether (sulfide) groups is 1. The van der Waals surface area contributed by atoms with Gasteiger partial charge < -0.3 is 9.64 Å². The smallest absolute Gasteiger partial charge is 0.254 e. The van der Waals surface area contributed by atoms with Crippen LogP contribution in [0, 0.1) is 6.92 Å². The van der Waals surface area contributed by atoms with Gasteiger partial charge in [-0.1, -0.05) is 71.9 Å². The quantitative estimate of drug-likeness (QED) is 0.348. The molecular weight excluding hydrogens is 456 g/mol. The molecule has 4 aromatic rings. The van der Waals surface area contributed by atoms with E-state index in [1.54, 1.807) is 11.8 Å². The van der Waals surface area contributed by atoms with Crippen molar-refractivity contribution in [1.29, 1.82) is 0 Å². The molecule has 3 aromatic carbocycles. The Morgan fingerprint density at radius 3 is 2.31 bits per heavy atom. The lowest BCUT2D eigenvalue weighted by molar-refractivity contribution is 0.0303. The Hall–Kier alpha value is -3.42. The number of aryl methyl sites for hydroxylation is 1. The zero-order valence-electron chi connectivity index (χ0n) is 19.8. The molecule has 1 fully saturated rings. The highest BCUT2D eigenvalue weighted by molar-refractivity contribution is 7.98. The van der Waals surface area contributed by atoms with E-state index in [0.29, 0.717) is 38.3 Å². The third-order valence-corrected chi connectivity index (χ3v) is 7.06. The summed E-state index contributed by atoms with van der Waals surface area (Å²) in [5.74, 6) is 1.72. The second-order valence-corrected chi connectivity index (χ2v) is 9.56. The van der Waals surface area contributed by atoms with E-state index in [-0.39, 0.29) is 5.91 Å². The van der Waals surface area contributed by atoms with Gasteiger partial charge in [-0.2, -0.15) is 0 Å². The lowest BCUT2D eigenvalue weighted by atomic mass is 10.1. The minimum atomic E-state index is 0.0668. The molecule has 1 amide bonds. The molecule has 178 valence electrons. The van der Waals surface area contributed by atoms with Gasteiger partial charge in [-0.05, 0) is 42.3 Å². The second kappa shape index (κ2) is 10.9. The van der Waals surface area contributed by atoms with Crippen molar-refractivity contribution < 1.29 is 9.53 Å². The summed E-state index contributed by atoms with van der Waals surface area (Å²) in [7, 11) is 0. The van der Waals surface area contributed by atoms with Gasteiger partial charge in [0.15, 0.2) is 5.16 Å². The van der Waals surface area contributed by atoms with Crippen molar-refractivity contribution in [2.45, 2.75) is 24.3 Å². The number of hydrogen-bond acceptors (Lipinski definition) is 5. The van der Waals surface area contributed by atoms with Crippen LogP contribution < -0.4 is 0 Å². The van der Waals surface area contributed by atoms with Crippen LogP contribution in [-0.2, 0) is 16.9 Å². The third-order valence-electron chi connectivity index (χ3n) is 6.06. The molecule has 0 spiro atoms. The highest BCUT2D eigenvalue weighted by atomic mass is 32.2. The predicted octanol–water partition coefficient (Wildman–Crippen LogP) is 4.93. The van der Waals surface area contributed by atoms with Gasteiger partial charge >= 0.3 is 0 Å². The fourth-order valence-corrected chi connectivity index (χ4v) is 5.01. The SMILES string of the molecule is Cc1ccc(-n2c(Cc3ccccc3)nnc2SCc2ccc(C(=O)N3CCOCC3)cc2)cc1. The van der Waals surface area contributed by atoms with Crippen LogP contribution in [-0.4, -0.2) is 51.9 Å². The van der Waals surface area contributed by atoms with Gasteiger partial charge in [-0.15, -0.1) is 10.2 Å². The van der Waals surface area contributed by atoms with E-state index < -0.39 is 0 Å². The fourth-order valence-electron chi connectivity index (χ4n) is 4.08. The van der Waals surface area contributed by atoms with E-state index in [0.717, 1.165) is 28.0 Å². The van der Waals surface area contributed by atoms with Crippen LogP contribution in [0.1, 0.15) is 32.9 Å². The van der Waals surface area contributed by atoms with Crippen molar-refractivity contribution in [3.63, 3.8) is 0 Å². The Labute approximate surface area is 210 Å². The van der Waals surface area contributed by atoms with Crippen LogP contribution in [0.15, 0.2) is 84.0 Å². The number of amides is 1. The molecule has 0 atom stereocenters. The summed E-state index contributed by atoms with van der Waals surface area (Å²) in [5, 5.41) is 9.93. The molecule has 1 saturated heterocycles. The molecule has 0 saturated carbocycles. The molecule has 0 bridgehead atoms. The highest BCUT2D eigenvalue weighted by Crippen LogP contribution is 2.27. The van der Waals surface area contributed by atoms with Crippen LogP contribution in [0.4, 0.5) is 0 Å². The maximum atomic E-state index is 12.7. The standard InChI is InChI=1S/C28H28N4O2S/c1-21-7-13-25(14-8-21)32-26(19-22-5-3-2-4-6-22)29-30-28(32)35-20-23-9-11-24(12-10-23)27(33)31-15-17-34-18-16-31/h2-14H,15-20H2,1H3. The number of morpholine rings is 1. The largest absolute Gasteiger partial charge is 0.378 e. The molecule has 0 unspecified atom stereocenters. The number of carbonyl (C=O) groups excluding carboxylic acids is 1. The zero-order chi connectivity index (χ0) is 24.0. The summed E-state index contributed by atoms with van der Waals surface area (Å²) < 4.78 is 7.50. The molecule has 1 aliphatic heterocycles. The van der Waals surface area contributed by atoms with Gasteiger partial charge in [0.2, 0.25) is 0 Å². The highest BCUT2D eigenvalue weighted by Gasteiger charge is 2.19. The number of rotatable bonds is 7. The molecule has 1 aliphatic rings. The Balaban J connectivity index is 1.33. The summed E-state index contributed by atoms with van der Waals surface area (Å²) in [6.07, 6.45) is 0.709. The van der Waals surface area contributed by atoms with E-state index in [4.69, 9.17) is 4.74 Å². The first-order chi connectivity index (χ1) is 17.2. The summed E-state index contributed by atoms with van der Waals surface area (Å²) >= 11 is 1.65. The lowest BCUT2D eigenvalue weighted by Crippen LogP contribution is -2.40. The predicted molar refractivity (Wildman–Crippen MR) is 138 cm³/mol. The number of aromatic nitrogens is 3. The lowest BCUT2D eigenvalue weighted by Gasteiger charge is -2.26. The Bertz CT molecular complexity index is 1260. The van der Waals surface area contributed by atoms with Crippen LogP contribution >= 0.6 is 11.8 Å². The first kappa shape index (κ1) is 23.3. The summed E-state index contributed by atoms with van der Waals surface area (Å²) in [4.78, 5) is 14.6. The van der Waals surface area contributed by atoms with E-state index in [1.807, 2.05) is 47.4 Å². The van der Waals surface area contributed by atoms with E-state index in [9.17, 15) is 4.79 Å². The van der Waals surface area contributed by atoms with Crippen molar-refractivity contribution >= 4 is 17.7 Å². The normalized spacial score (nSPS) is 13.7. The van der Waals surface area contributed by atoms with Gasteiger partial charge in [0.1, 0.15) is 5.82 Å². The molecule has 0 radical (unpaired) electrons. The number of nitrogens with zero attached hydrogens (tertiary/aromatic N) is 4. The number of benzene rings is 3. The van der Waals surface area contributed by atoms with Crippen molar-refractivity contribution in [2.75, 3.05) is 26.3 Å². The number of ether oxygens (including phenoxy) is 1. The van der Waals surface area contributed by atoms with E-state index in [2.05, 4.69) is 58.1 Å². The third kappa shape index (κ3) is 5.63. The topological polar surface area (TPSA) is 60.2 Å². The molecule has 0 aliphatic carbocycles. The summed E-state index contributed by atoms with van der Waals surface area (Å²) in [5.41, 5.74) is 5.32. The minimum absolute atomic E-state index is 0.0668.